The quantitative estimate of drug-likeness (QED) is 0.189. The van der Waals surface area contributed by atoms with Gasteiger partial charge in [-0.3, -0.25) is 9.59 Å². The number of halogens is 5. The zero-order valence-electron chi connectivity index (χ0n) is 23.8. The van der Waals surface area contributed by atoms with E-state index in [1.54, 1.807) is 6.92 Å². The number of amides is 2. The molecule has 44 heavy (non-hydrogen) atoms. The third kappa shape index (κ3) is 8.63. The van der Waals surface area contributed by atoms with Crippen molar-refractivity contribution in [3.8, 4) is 23.0 Å². The number of nitrogens with one attached hydrogen (secondary N) is 2. The first-order chi connectivity index (χ1) is 20.6. The van der Waals surface area contributed by atoms with Crippen LogP contribution in [-0.4, -0.2) is 36.6 Å². The summed E-state index contributed by atoms with van der Waals surface area (Å²) in [6, 6.07) is 5.18. The second kappa shape index (κ2) is 14.3. The van der Waals surface area contributed by atoms with Crippen LogP contribution in [0.25, 0.3) is 11.5 Å². The molecule has 2 fully saturated rings. The highest BCUT2D eigenvalue weighted by atomic mass is 35.5. The van der Waals surface area contributed by atoms with Gasteiger partial charge in [-0.15, -0.1) is 12.4 Å². The maximum Gasteiger partial charge on any atom is 0.387 e. The van der Waals surface area contributed by atoms with Gasteiger partial charge in [0.15, 0.2) is 23.0 Å². The molecule has 5 rings (SSSR count). The molecule has 1 aromatic heterocycles. The minimum atomic E-state index is -3.06. The normalized spacial score (nSPS) is 15.7. The van der Waals surface area contributed by atoms with Gasteiger partial charge in [-0.05, 0) is 68.7 Å². The van der Waals surface area contributed by atoms with Gasteiger partial charge < -0.3 is 30.3 Å². The highest BCUT2D eigenvalue weighted by Crippen LogP contribution is 2.37. The number of carbonyl (C=O) groups is 2. The predicted octanol–water partition coefficient (Wildman–Crippen LogP) is 5.84. The Morgan fingerprint density at radius 2 is 1.80 bits per heavy atom. The third-order valence-corrected chi connectivity index (χ3v) is 7.18. The Balaban J connectivity index is 0.00000442. The molecule has 0 spiro atoms. The van der Waals surface area contributed by atoms with Crippen LogP contribution in [0.1, 0.15) is 72.9 Å². The molecule has 4 N–H and O–H groups in total. The molecule has 1 heterocycles. The molecular weight excluding hydrogens is 608 g/mol. The van der Waals surface area contributed by atoms with Gasteiger partial charge in [0.2, 0.25) is 11.8 Å². The minimum Gasteiger partial charge on any atom is -0.489 e. The van der Waals surface area contributed by atoms with Gasteiger partial charge in [0, 0.05) is 30.2 Å². The molecule has 0 bridgehead atoms. The van der Waals surface area contributed by atoms with Crippen LogP contribution in [0.4, 0.5) is 17.6 Å². The smallest absolute Gasteiger partial charge is 0.387 e. The molecule has 2 saturated carbocycles. The number of oxazole rings is 1. The highest BCUT2D eigenvalue weighted by molar-refractivity contribution is 5.94. The van der Waals surface area contributed by atoms with Crippen LogP contribution < -0.4 is 25.8 Å². The Kier molecular flexibility index (Phi) is 10.7. The topological polar surface area (TPSA) is 129 Å². The number of hydrogen-bond acceptors (Lipinski definition) is 7. The number of ether oxygens (including phenoxy) is 2. The van der Waals surface area contributed by atoms with Gasteiger partial charge in [-0.2, -0.15) is 8.78 Å². The summed E-state index contributed by atoms with van der Waals surface area (Å²) in [7, 11) is 0. The molecule has 2 amide bonds. The van der Waals surface area contributed by atoms with E-state index in [2.05, 4.69) is 20.4 Å². The Morgan fingerprint density at radius 1 is 1.07 bits per heavy atom. The maximum atomic E-state index is 14.8. The van der Waals surface area contributed by atoms with Gasteiger partial charge in [0.25, 0.3) is 5.91 Å². The van der Waals surface area contributed by atoms with Gasteiger partial charge in [0.1, 0.15) is 11.6 Å². The van der Waals surface area contributed by atoms with Crippen molar-refractivity contribution in [2.45, 2.75) is 57.7 Å². The first-order valence-corrected chi connectivity index (χ1v) is 14.1. The van der Waals surface area contributed by atoms with Crippen molar-refractivity contribution in [1.29, 1.82) is 0 Å². The molecule has 2 aliphatic rings. The van der Waals surface area contributed by atoms with Crippen molar-refractivity contribution in [3.05, 3.63) is 65.1 Å². The van der Waals surface area contributed by atoms with E-state index in [-0.39, 0.29) is 59.3 Å². The van der Waals surface area contributed by atoms with E-state index in [1.807, 2.05) is 0 Å². The van der Waals surface area contributed by atoms with Gasteiger partial charge in [-0.1, -0.05) is 6.07 Å². The lowest BCUT2D eigenvalue weighted by Gasteiger charge is -2.20. The second-order valence-corrected chi connectivity index (χ2v) is 11.0. The van der Waals surface area contributed by atoms with Crippen LogP contribution in [0, 0.1) is 23.5 Å². The standard InChI is InChI=1S/C30H32F4N4O5.ClH/c1-15(35)27-26(38-29(43-27)18-6-9-23(42-30(33)34)24(11-18)41-14-17-4-5-17)28(40)37-22(13-36-25(39)10-16-2-3-16)20-8-7-19(31)12-21(20)32;/h6-9,11-12,15-17,22,30H,2-5,10,13-14,35H2,1H3,(H,36,39)(H,37,40);1H/t15-,22?;/m0./s1. The van der Waals surface area contributed by atoms with E-state index in [0.717, 1.165) is 31.7 Å². The summed E-state index contributed by atoms with van der Waals surface area (Å²) >= 11 is 0. The number of alkyl halides is 2. The average Bonchev–Trinajstić information content (AvgIpc) is 3.89. The molecule has 3 aromatic rings. The number of carbonyl (C=O) groups excluding carboxylic acids is 2. The number of benzene rings is 2. The SMILES string of the molecule is C[C@H](N)c1oc(-c2ccc(OC(F)F)c(OCC3CC3)c2)nc1C(=O)NC(CNC(=O)CC1CC1)c1ccc(F)cc1F.Cl. The predicted molar refractivity (Wildman–Crippen MR) is 154 cm³/mol. The van der Waals surface area contributed by atoms with Gasteiger partial charge in [0.05, 0.1) is 18.7 Å². The molecule has 2 aliphatic carbocycles. The van der Waals surface area contributed by atoms with E-state index in [9.17, 15) is 27.2 Å². The first kappa shape index (κ1) is 33.1. The van der Waals surface area contributed by atoms with Crippen molar-refractivity contribution in [1.82, 2.24) is 15.6 Å². The zero-order valence-corrected chi connectivity index (χ0v) is 24.6. The minimum absolute atomic E-state index is 0. The molecule has 0 radical (unpaired) electrons. The molecule has 14 heteroatoms. The van der Waals surface area contributed by atoms with Crippen molar-refractivity contribution < 1.29 is 41.0 Å². The van der Waals surface area contributed by atoms with Crippen LogP contribution in [0.5, 0.6) is 11.5 Å². The molecule has 238 valence electrons. The fourth-order valence-corrected chi connectivity index (χ4v) is 4.49. The Labute approximate surface area is 257 Å². The van der Waals surface area contributed by atoms with Crippen LogP contribution in [-0.2, 0) is 4.79 Å². The highest BCUT2D eigenvalue weighted by Gasteiger charge is 2.29. The molecule has 0 saturated heterocycles. The third-order valence-electron chi connectivity index (χ3n) is 7.18. The lowest BCUT2D eigenvalue weighted by Crippen LogP contribution is -2.39. The van der Waals surface area contributed by atoms with Gasteiger partial charge in [-0.25, -0.2) is 13.8 Å². The summed E-state index contributed by atoms with van der Waals surface area (Å²) in [5.41, 5.74) is 6.14. The average molecular weight is 641 g/mol. The van der Waals surface area contributed by atoms with Crippen molar-refractivity contribution in [2.24, 2.45) is 17.6 Å². The first-order valence-electron chi connectivity index (χ1n) is 14.1. The molecule has 0 aliphatic heterocycles. The van der Waals surface area contributed by atoms with Crippen molar-refractivity contribution >= 4 is 24.2 Å². The lowest BCUT2D eigenvalue weighted by atomic mass is 10.0. The van der Waals surface area contributed by atoms with Gasteiger partial charge >= 0.3 is 6.61 Å². The fraction of sp³-hybridized carbons (Fsp3) is 0.433. The molecular formula is C30H33ClF4N4O5. The number of nitrogens with zero attached hydrogens (tertiary/aromatic N) is 1. The summed E-state index contributed by atoms with van der Waals surface area (Å²) in [4.78, 5) is 30.2. The summed E-state index contributed by atoms with van der Waals surface area (Å²) in [6.45, 7) is -1.33. The monoisotopic (exact) mass is 640 g/mol. The molecule has 9 nitrogen and oxygen atoms in total. The van der Waals surface area contributed by atoms with E-state index < -0.39 is 36.2 Å². The van der Waals surface area contributed by atoms with E-state index in [0.29, 0.717) is 36.5 Å². The zero-order chi connectivity index (χ0) is 30.7. The Bertz CT molecular complexity index is 1480. The van der Waals surface area contributed by atoms with E-state index in [4.69, 9.17) is 14.9 Å². The number of hydrogen-bond donors (Lipinski definition) is 3. The summed E-state index contributed by atoms with van der Waals surface area (Å²) in [5.74, 6) is -2.21. The fourth-order valence-electron chi connectivity index (χ4n) is 4.49. The summed E-state index contributed by atoms with van der Waals surface area (Å²) < 4.78 is 70.5. The van der Waals surface area contributed by atoms with Crippen LogP contribution in [0.3, 0.4) is 0 Å². The number of nitrogens with two attached hydrogens (primary N) is 1. The Morgan fingerprint density at radius 3 is 2.43 bits per heavy atom. The van der Waals surface area contributed by atoms with Crippen molar-refractivity contribution in [2.75, 3.05) is 13.2 Å². The number of rotatable bonds is 14. The maximum absolute atomic E-state index is 14.8. The second-order valence-electron chi connectivity index (χ2n) is 11.0. The van der Waals surface area contributed by atoms with E-state index >= 15 is 0 Å². The Hall–Kier alpha value is -3.84. The molecule has 2 aromatic carbocycles. The largest absolute Gasteiger partial charge is 0.489 e. The van der Waals surface area contributed by atoms with Crippen molar-refractivity contribution in [3.63, 3.8) is 0 Å². The van der Waals surface area contributed by atoms with Crippen LogP contribution >= 0.6 is 12.4 Å². The lowest BCUT2D eigenvalue weighted by molar-refractivity contribution is -0.121. The molecule has 1 unspecified atom stereocenters. The summed E-state index contributed by atoms with van der Waals surface area (Å²) in [6.07, 6.45) is 4.21. The van der Waals surface area contributed by atoms with E-state index in [1.165, 1.54) is 24.3 Å². The number of aromatic nitrogens is 1. The summed E-state index contributed by atoms with van der Waals surface area (Å²) in [5, 5.41) is 5.36. The molecule has 2 atom stereocenters. The van der Waals surface area contributed by atoms with Crippen LogP contribution in [0.15, 0.2) is 40.8 Å². The van der Waals surface area contributed by atoms with Crippen LogP contribution in [0.2, 0.25) is 0 Å².